The van der Waals surface area contributed by atoms with Crippen LogP contribution in [0.5, 0.6) is 0 Å². The Morgan fingerprint density at radius 3 is 2.92 bits per heavy atom. The van der Waals surface area contributed by atoms with E-state index in [1.807, 2.05) is 0 Å². The Bertz CT molecular complexity index is 795. The molecule has 0 saturated carbocycles. The number of carbonyl (C=O) groups excluding carboxylic acids is 2. The molecule has 1 aliphatic heterocycles. The highest BCUT2D eigenvalue weighted by molar-refractivity contribution is 7.14. The van der Waals surface area contributed by atoms with Crippen LogP contribution < -0.4 is 10.2 Å². The lowest BCUT2D eigenvalue weighted by molar-refractivity contribution is -0.119. The predicted molar refractivity (Wildman–Crippen MR) is 86.3 cm³/mol. The van der Waals surface area contributed by atoms with Gasteiger partial charge >= 0.3 is 6.09 Å². The molecule has 126 valence electrons. The van der Waals surface area contributed by atoms with Crippen molar-refractivity contribution in [2.45, 2.75) is 20.0 Å². The van der Waals surface area contributed by atoms with Gasteiger partial charge in [0.05, 0.1) is 18.8 Å². The number of amides is 2. The molecule has 1 fully saturated rings. The third kappa shape index (κ3) is 3.35. The summed E-state index contributed by atoms with van der Waals surface area (Å²) in [6.45, 7) is 3.65. The van der Waals surface area contributed by atoms with Gasteiger partial charge in [-0.1, -0.05) is 11.3 Å². The van der Waals surface area contributed by atoms with E-state index >= 15 is 0 Å². The first-order valence-electron chi connectivity index (χ1n) is 7.26. The van der Waals surface area contributed by atoms with Crippen LogP contribution in [0.3, 0.4) is 0 Å². The van der Waals surface area contributed by atoms with Crippen molar-refractivity contribution in [1.82, 2.24) is 15.5 Å². The number of aromatic nitrogens is 2. The third-order valence-electron chi connectivity index (χ3n) is 3.47. The number of nitrogens with zero attached hydrogens (tertiary/aromatic N) is 3. The highest BCUT2D eigenvalue weighted by atomic mass is 32.1. The summed E-state index contributed by atoms with van der Waals surface area (Å²) in [6, 6.07) is 4.48. The molecule has 0 bridgehead atoms. The van der Waals surface area contributed by atoms with Crippen LogP contribution in [0.2, 0.25) is 0 Å². The van der Waals surface area contributed by atoms with Gasteiger partial charge in [-0.2, -0.15) is 0 Å². The van der Waals surface area contributed by atoms with Gasteiger partial charge in [0.2, 0.25) is 5.91 Å². The fourth-order valence-corrected chi connectivity index (χ4v) is 3.07. The topological polar surface area (TPSA) is 84.4 Å². The summed E-state index contributed by atoms with van der Waals surface area (Å²) in [5.74, 6) is -0.686. The molecule has 1 N–H and O–H groups in total. The van der Waals surface area contributed by atoms with Gasteiger partial charge in [-0.05, 0) is 25.1 Å². The molecule has 7 nitrogen and oxygen atoms in total. The summed E-state index contributed by atoms with van der Waals surface area (Å²) >= 11 is 1.30. The van der Waals surface area contributed by atoms with E-state index in [2.05, 4.69) is 15.5 Å². The monoisotopic (exact) mass is 350 g/mol. The van der Waals surface area contributed by atoms with Crippen molar-refractivity contribution in [3.05, 3.63) is 29.0 Å². The van der Waals surface area contributed by atoms with Crippen molar-refractivity contribution < 1.29 is 18.7 Å². The summed E-state index contributed by atoms with van der Waals surface area (Å²) in [4.78, 5) is 24.2. The molecule has 2 amide bonds. The van der Waals surface area contributed by atoms with Gasteiger partial charge in [0.1, 0.15) is 16.9 Å². The lowest BCUT2D eigenvalue weighted by atomic mass is 10.2. The van der Waals surface area contributed by atoms with Gasteiger partial charge < -0.3 is 10.1 Å². The molecule has 2 heterocycles. The molecule has 1 unspecified atom stereocenters. The lowest BCUT2D eigenvalue weighted by Crippen LogP contribution is -2.33. The smallest absolute Gasteiger partial charge is 0.414 e. The summed E-state index contributed by atoms with van der Waals surface area (Å²) < 4.78 is 19.5. The number of nitrogens with one attached hydrogen (secondary N) is 1. The van der Waals surface area contributed by atoms with Crippen molar-refractivity contribution >= 4 is 29.0 Å². The Balaban J connectivity index is 1.77. The van der Waals surface area contributed by atoms with Crippen molar-refractivity contribution in [2.24, 2.45) is 0 Å². The number of ether oxygens (including phenoxy) is 1. The van der Waals surface area contributed by atoms with Gasteiger partial charge in [-0.15, -0.1) is 10.2 Å². The first-order valence-corrected chi connectivity index (χ1v) is 8.08. The number of halogens is 1. The largest absolute Gasteiger partial charge is 0.442 e. The fourth-order valence-electron chi connectivity index (χ4n) is 2.35. The Morgan fingerprint density at radius 2 is 2.29 bits per heavy atom. The van der Waals surface area contributed by atoms with Crippen molar-refractivity contribution in [3.63, 3.8) is 0 Å². The number of hydrogen-bond donors (Lipinski definition) is 1. The highest BCUT2D eigenvalue weighted by Gasteiger charge is 2.32. The maximum absolute atomic E-state index is 14.4. The van der Waals surface area contributed by atoms with Crippen molar-refractivity contribution in [1.29, 1.82) is 0 Å². The van der Waals surface area contributed by atoms with E-state index < -0.39 is 18.0 Å². The number of aryl methyl sites for hydroxylation is 1. The van der Waals surface area contributed by atoms with Gasteiger partial charge in [0, 0.05) is 12.5 Å². The van der Waals surface area contributed by atoms with Gasteiger partial charge in [0.15, 0.2) is 5.01 Å². The van der Waals surface area contributed by atoms with E-state index in [9.17, 15) is 14.0 Å². The van der Waals surface area contributed by atoms with Crippen LogP contribution >= 0.6 is 11.3 Å². The Hall–Kier alpha value is -2.55. The molecule has 1 atom stereocenters. The average Bonchev–Trinajstić information content (AvgIpc) is 3.11. The zero-order valence-corrected chi connectivity index (χ0v) is 13.9. The zero-order valence-electron chi connectivity index (χ0n) is 13.1. The molecule has 0 radical (unpaired) electrons. The number of benzene rings is 1. The first-order chi connectivity index (χ1) is 11.4. The molecule has 9 heteroatoms. The van der Waals surface area contributed by atoms with E-state index in [0.29, 0.717) is 16.3 Å². The molecule has 1 aromatic carbocycles. The molecule has 0 aliphatic carbocycles. The minimum Gasteiger partial charge on any atom is -0.442 e. The first kappa shape index (κ1) is 16.3. The number of carbonyl (C=O) groups is 2. The molecular formula is C15H15FN4O3S. The molecule has 3 rings (SSSR count). The molecule has 24 heavy (non-hydrogen) atoms. The van der Waals surface area contributed by atoms with Crippen LogP contribution in [0.1, 0.15) is 11.9 Å². The maximum Gasteiger partial charge on any atom is 0.414 e. The van der Waals surface area contributed by atoms with E-state index in [1.165, 1.54) is 29.2 Å². The summed E-state index contributed by atoms with van der Waals surface area (Å²) in [6.07, 6.45) is -1.03. The van der Waals surface area contributed by atoms with Crippen LogP contribution in [0.25, 0.3) is 10.6 Å². The quantitative estimate of drug-likeness (QED) is 0.913. The SMILES string of the molecule is CC(=O)NCC1CN(c2ccc(-c3nnc(C)s3)c(F)c2)C(=O)O1. The lowest BCUT2D eigenvalue weighted by Gasteiger charge is -2.14. The van der Waals surface area contributed by atoms with Gasteiger partial charge in [0.25, 0.3) is 0 Å². The second-order valence-electron chi connectivity index (χ2n) is 5.34. The maximum atomic E-state index is 14.4. The van der Waals surface area contributed by atoms with Crippen molar-refractivity contribution in [2.75, 3.05) is 18.0 Å². The van der Waals surface area contributed by atoms with E-state index in [1.54, 1.807) is 19.1 Å². The minimum atomic E-state index is -0.565. The molecule has 1 aromatic heterocycles. The van der Waals surface area contributed by atoms with Gasteiger partial charge in [-0.3, -0.25) is 9.69 Å². The third-order valence-corrected chi connectivity index (χ3v) is 4.35. The zero-order chi connectivity index (χ0) is 17.3. The van der Waals surface area contributed by atoms with E-state index in [0.717, 1.165) is 5.01 Å². The summed E-state index contributed by atoms with van der Waals surface area (Å²) in [5.41, 5.74) is 0.736. The highest BCUT2D eigenvalue weighted by Crippen LogP contribution is 2.30. The summed E-state index contributed by atoms with van der Waals surface area (Å²) in [7, 11) is 0. The van der Waals surface area contributed by atoms with E-state index in [4.69, 9.17) is 4.74 Å². The average molecular weight is 350 g/mol. The fraction of sp³-hybridized carbons (Fsp3) is 0.333. The van der Waals surface area contributed by atoms with Crippen LogP contribution in [0.15, 0.2) is 18.2 Å². The second kappa shape index (κ2) is 6.52. The van der Waals surface area contributed by atoms with Gasteiger partial charge in [-0.25, -0.2) is 9.18 Å². The number of anilines is 1. The number of cyclic esters (lactones) is 1. The molecular weight excluding hydrogens is 335 g/mol. The predicted octanol–water partition coefficient (Wildman–Crippen LogP) is 2.11. The van der Waals surface area contributed by atoms with Crippen LogP contribution in [0, 0.1) is 12.7 Å². The van der Waals surface area contributed by atoms with Crippen LogP contribution in [-0.4, -0.2) is 41.4 Å². The Morgan fingerprint density at radius 1 is 1.50 bits per heavy atom. The Labute approximate surface area is 141 Å². The van der Waals surface area contributed by atoms with Crippen LogP contribution in [0.4, 0.5) is 14.9 Å². The normalized spacial score (nSPS) is 17.0. The van der Waals surface area contributed by atoms with E-state index in [-0.39, 0.29) is 19.0 Å². The molecule has 1 saturated heterocycles. The summed E-state index contributed by atoms with van der Waals surface area (Å²) in [5, 5.41) is 11.6. The standard InChI is InChI=1S/C15H15FN4O3S/c1-8(21)17-6-11-7-20(15(22)23-11)10-3-4-12(13(16)5-10)14-19-18-9(2)24-14/h3-5,11H,6-7H2,1-2H3,(H,17,21). The Kier molecular flexibility index (Phi) is 4.43. The second-order valence-corrected chi connectivity index (χ2v) is 6.53. The molecule has 1 aliphatic rings. The van der Waals surface area contributed by atoms with Crippen molar-refractivity contribution in [3.8, 4) is 10.6 Å². The number of hydrogen-bond acceptors (Lipinski definition) is 6. The molecule has 2 aromatic rings. The molecule has 0 spiro atoms. The van der Waals surface area contributed by atoms with Crippen LogP contribution in [-0.2, 0) is 9.53 Å². The minimum absolute atomic E-state index is 0.202. The number of rotatable bonds is 4.